The monoisotopic (exact) mass is 299 g/mol. The molecule has 0 saturated carbocycles. The molecule has 2 N–H and O–H groups in total. The molecule has 1 amide bonds. The number of aliphatic hydroxyl groups excluding tert-OH is 1. The van der Waals surface area contributed by atoms with Crippen LogP contribution in [-0.2, 0) is 0 Å². The lowest BCUT2D eigenvalue weighted by Gasteiger charge is -2.08. The highest BCUT2D eigenvalue weighted by molar-refractivity contribution is 6.35. The summed E-state index contributed by atoms with van der Waals surface area (Å²) in [6, 6.07) is 12.4. The largest absolute Gasteiger partial charge is 0.384 e. The number of nitrogens with one attached hydrogen (secondary N) is 1. The van der Waals surface area contributed by atoms with E-state index in [-0.39, 0.29) is 12.5 Å². The zero-order valence-electron chi connectivity index (χ0n) is 11.5. The Morgan fingerprint density at radius 2 is 1.95 bits per heavy atom. The van der Waals surface area contributed by atoms with Gasteiger partial charge in [0.15, 0.2) is 0 Å². The van der Waals surface area contributed by atoms with Crippen molar-refractivity contribution in [3.63, 3.8) is 0 Å². The standard InChI is InChI=1S/C17H14ClNO2/c1-12-4-2-6-15(16(12)18)17(21)19-14-9-7-13(8-10-14)5-3-11-20/h2,4,6-10,20H,11H2,1H3,(H,19,21). The molecule has 0 unspecified atom stereocenters. The third-order valence-electron chi connectivity index (χ3n) is 2.89. The summed E-state index contributed by atoms with van der Waals surface area (Å²) in [5, 5.41) is 11.9. The zero-order valence-corrected chi connectivity index (χ0v) is 12.2. The van der Waals surface area contributed by atoms with E-state index in [0.29, 0.717) is 16.3 Å². The lowest BCUT2D eigenvalue weighted by atomic mass is 10.1. The first kappa shape index (κ1) is 15.1. The Labute approximate surface area is 128 Å². The molecule has 4 heteroatoms. The van der Waals surface area contributed by atoms with Crippen LogP contribution in [-0.4, -0.2) is 17.6 Å². The van der Waals surface area contributed by atoms with Crippen molar-refractivity contribution in [1.29, 1.82) is 0 Å². The van der Waals surface area contributed by atoms with Gasteiger partial charge < -0.3 is 10.4 Å². The summed E-state index contributed by atoms with van der Waals surface area (Å²) in [6.07, 6.45) is 0. The third-order valence-corrected chi connectivity index (χ3v) is 3.39. The maximum absolute atomic E-state index is 12.2. The van der Waals surface area contributed by atoms with Gasteiger partial charge in [-0.05, 0) is 42.8 Å². The van der Waals surface area contributed by atoms with Gasteiger partial charge in [-0.3, -0.25) is 4.79 Å². The zero-order chi connectivity index (χ0) is 15.2. The van der Waals surface area contributed by atoms with Crippen LogP contribution in [0.15, 0.2) is 42.5 Å². The van der Waals surface area contributed by atoms with Crippen LogP contribution in [0.5, 0.6) is 0 Å². The second-order valence-electron chi connectivity index (χ2n) is 4.43. The summed E-state index contributed by atoms with van der Waals surface area (Å²) >= 11 is 6.13. The van der Waals surface area contributed by atoms with Gasteiger partial charge in [0.1, 0.15) is 6.61 Å². The predicted octanol–water partition coefficient (Wildman–Crippen LogP) is 3.24. The number of carbonyl (C=O) groups excluding carboxylic acids is 1. The second kappa shape index (κ2) is 6.94. The Kier molecular flexibility index (Phi) is 4.99. The maximum Gasteiger partial charge on any atom is 0.257 e. The van der Waals surface area contributed by atoms with Crippen LogP contribution in [0.2, 0.25) is 5.02 Å². The number of benzene rings is 2. The Morgan fingerprint density at radius 1 is 1.24 bits per heavy atom. The average Bonchev–Trinajstić information content (AvgIpc) is 2.49. The summed E-state index contributed by atoms with van der Waals surface area (Å²) < 4.78 is 0. The fraction of sp³-hybridized carbons (Fsp3) is 0.118. The van der Waals surface area contributed by atoms with E-state index in [9.17, 15) is 4.79 Å². The minimum absolute atomic E-state index is 0.176. The lowest BCUT2D eigenvalue weighted by molar-refractivity contribution is 0.102. The Balaban J connectivity index is 2.14. The summed E-state index contributed by atoms with van der Waals surface area (Å²) in [6.45, 7) is 1.68. The quantitative estimate of drug-likeness (QED) is 0.836. The maximum atomic E-state index is 12.2. The highest BCUT2D eigenvalue weighted by Crippen LogP contribution is 2.21. The number of aliphatic hydroxyl groups is 1. The van der Waals surface area contributed by atoms with Crippen molar-refractivity contribution in [2.45, 2.75) is 6.92 Å². The van der Waals surface area contributed by atoms with Gasteiger partial charge in [-0.2, -0.15) is 0 Å². The van der Waals surface area contributed by atoms with Crippen molar-refractivity contribution < 1.29 is 9.90 Å². The van der Waals surface area contributed by atoms with E-state index < -0.39 is 0 Å². The Bertz CT molecular complexity index is 712. The topological polar surface area (TPSA) is 49.3 Å². The highest BCUT2D eigenvalue weighted by Gasteiger charge is 2.11. The van der Waals surface area contributed by atoms with Crippen molar-refractivity contribution in [3.05, 3.63) is 64.2 Å². The molecule has 2 aromatic rings. The molecular weight excluding hydrogens is 286 g/mol. The molecular formula is C17H14ClNO2. The molecule has 0 aliphatic heterocycles. The number of hydrogen-bond acceptors (Lipinski definition) is 2. The fourth-order valence-electron chi connectivity index (χ4n) is 1.80. The summed E-state index contributed by atoms with van der Waals surface area (Å²) in [5.74, 6) is 5.10. The van der Waals surface area contributed by atoms with Gasteiger partial charge in [0.2, 0.25) is 0 Å². The van der Waals surface area contributed by atoms with E-state index >= 15 is 0 Å². The number of rotatable bonds is 2. The number of halogens is 1. The molecule has 2 rings (SSSR count). The van der Waals surface area contributed by atoms with Crippen LogP contribution in [0.4, 0.5) is 5.69 Å². The van der Waals surface area contributed by atoms with Crippen molar-refractivity contribution in [1.82, 2.24) is 0 Å². The molecule has 0 fully saturated rings. The van der Waals surface area contributed by atoms with Gasteiger partial charge in [-0.1, -0.05) is 35.6 Å². The molecule has 3 nitrogen and oxygen atoms in total. The van der Waals surface area contributed by atoms with Gasteiger partial charge in [0, 0.05) is 11.3 Å². The summed E-state index contributed by atoms with van der Waals surface area (Å²) in [4.78, 5) is 12.2. The second-order valence-corrected chi connectivity index (χ2v) is 4.81. The summed E-state index contributed by atoms with van der Waals surface area (Å²) in [7, 11) is 0. The van der Waals surface area contributed by atoms with Crippen LogP contribution in [0, 0.1) is 18.8 Å². The molecule has 0 aliphatic carbocycles. The lowest BCUT2D eigenvalue weighted by Crippen LogP contribution is -2.12. The molecule has 0 bridgehead atoms. The van der Waals surface area contributed by atoms with Gasteiger partial charge >= 0.3 is 0 Å². The van der Waals surface area contributed by atoms with Crippen LogP contribution < -0.4 is 5.32 Å². The molecule has 106 valence electrons. The van der Waals surface area contributed by atoms with E-state index in [1.54, 1.807) is 36.4 Å². The van der Waals surface area contributed by atoms with Crippen molar-refractivity contribution in [2.75, 3.05) is 11.9 Å². The van der Waals surface area contributed by atoms with E-state index in [0.717, 1.165) is 11.1 Å². The first-order valence-corrected chi connectivity index (χ1v) is 6.76. The normalized spacial score (nSPS) is 9.67. The van der Waals surface area contributed by atoms with E-state index in [1.807, 2.05) is 13.0 Å². The average molecular weight is 300 g/mol. The molecule has 21 heavy (non-hydrogen) atoms. The number of amides is 1. The first-order chi connectivity index (χ1) is 10.1. The number of carbonyl (C=O) groups is 1. The van der Waals surface area contributed by atoms with Gasteiger partial charge in [-0.25, -0.2) is 0 Å². The highest BCUT2D eigenvalue weighted by atomic mass is 35.5. The third kappa shape index (κ3) is 3.85. The van der Waals surface area contributed by atoms with E-state index in [4.69, 9.17) is 16.7 Å². The number of aryl methyl sites for hydroxylation is 1. The van der Waals surface area contributed by atoms with Crippen molar-refractivity contribution in [3.8, 4) is 11.8 Å². The number of hydrogen-bond donors (Lipinski definition) is 2. The molecule has 2 aromatic carbocycles. The predicted molar refractivity (Wildman–Crippen MR) is 84.5 cm³/mol. The van der Waals surface area contributed by atoms with E-state index in [2.05, 4.69) is 17.2 Å². The molecule has 0 radical (unpaired) electrons. The Morgan fingerprint density at radius 3 is 2.62 bits per heavy atom. The van der Waals surface area contributed by atoms with Gasteiger partial charge in [-0.15, -0.1) is 0 Å². The van der Waals surface area contributed by atoms with Gasteiger partial charge in [0.25, 0.3) is 5.91 Å². The van der Waals surface area contributed by atoms with Crippen LogP contribution in [0.25, 0.3) is 0 Å². The molecule has 0 heterocycles. The number of anilines is 1. The minimum Gasteiger partial charge on any atom is -0.384 e. The van der Waals surface area contributed by atoms with Crippen LogP contribution in [0.3, 0.4) is 0 Å². The minimum atomic E-state index is -0.252. The van der Waals surface area contributed by atoms with E-state index in [1.165, 1.54) is 0 Å². The van der Waals surface area contributed by atoms with Crippen LogP contribution >= 0.6 is 11.6 Å². The fourth-order valence-corrected chi connectivity index (χ4v) is 2.01. The molecule has 0 aromatic heterocycles. The van der Waals surface area contributed by atoms with Crippen LogP contribution in [0.1, 0.15) is 21.5 Å². The molecule has 0 saturated heterocycles. The van der Waals surface area contributed by atoms with Gasteiger partial charge in [0.05, 0.1) is 10.6 Å². The molecule has 0 atom stereocenters. The van der Waals surface area contributed by atoms with Crippen molar-refractivity contribution in [2.24, 2.45) is 0 Å². The SMILES string of the molecule is Cc1cccc(C(=O)Nc2ccc(C#CCO)cc2)c1Cl. The first-order valence-electron chi connectivity index (χ1n) is 6.38. The smallest absolute Gasteiger partial charge is 0.257 e. The van der Waals surface area contributed by atoms with Crippen molar-refractivity contribution >= 4 is 23.2 Å². The molecule has 0 aliphatic rings. The summed E-state index contributed by atoms with van der Waals surface area (Å²) in [5.41, 5.74) is 2.74. The Hall–Kier alpha value is -2.28. The molecule has 0 spiro atoms.